The fourth-order valence-corrected chi connectivity index (χ4v) is 4.27. The molecule has 0 aliphatic rings. The summed E-state index contributed by atoms with van der Waals surface area (Å²) in [6.07, 6.45) is 0.972. The first-order valence-electron chi connectivity index (χ1n) is 9.70. The molecule has 4 rings (SSSR count). The Morgan fingerprint density at radius 1 is 0.679 bits per heavy atom. The van der Waals surface area contributed by atoms with Gasteiger partial charge in [-0.2, -0.15) is 0 Å². The van der Waals surface area contributed by atoms with Crippen LogP contribution in [0.5, 0.6) is 0 Å². The lowest BCUT2D eigenvalue weighted by molar-refractivity contribution is 1.16. The lowest BCUT2D eigenvalue weighted by Crippen LogP contribution is -1.96. The molecule has 3 aromatic carbocycles. The average Bonchev–Trinajstić information content (AvgIpc) is 3.17. The van der Waals surface area contributed by atoms with Crippen LogP contribution in [-0.2, 0) is 13.0 Å². The fourth-order valence-electron chi connectivity index (χ4n) is 3.38. The predicted molar refractivity (Wildman–Crippen MR) is 122 cm³/mol. The minimum Gasteiger partial charge on any atom is -0.373 e. The van der Waals surface area contributed by atoms with Crippen LogP contribution in [0, 0.1) is 13.8 Å². The first-order valence-corrected chi connectivity index (χ1v) is 10.5. The molecule has 0 aliphatic carbocycles. The summed E-state index contributed by atoms with van der Waals surface area (Å²) in [6, 6.07) is 30.8. The number of hydrogen-bond acceptors (Lipinski definition) is 2. The molecular weight excluding hydrogens is 358 g/mol. The van der Waals surface area contributed by atoms with E-state index in [1.165, 1.54) is 43.3 Å². The molecule has 0 saturated heterocycles. The maximum absolute atomic E-state index is 3.55. The van der Waals surface area contributed by atoms with E-state index in [-0.39, 0.29) is 0 Å². The van der Waals surface area contributed by atoms with Crippen LogP contribution < -0.4 is 5.32 Å². The van der Waals surface area contributed by atoms with Gasteiger partial charge in [0.15, 0.2) is 0 Å². The second-order valence-corrected chi connectivity index (χ2v) is 8.45. The highest BCUT2D eigenvalue weighted by atomic mass is 32.1. The van der Waals surface area contributed by atoms with Crippen molar-refractivity contribution >= 4 is 16.3 Å². The highest BCUT2D eigenvalue weighted by Gasteiger charge is 2.05. The summed E-state index contributed by atoms with van der Waals surface area (Å²) < 4.78 is 0. The van der Waals surface area contributed by atoms with Crippen LogP contribution in [0.4, 0.5) is 5.00 Å². The maximum Gasteiger partial charge on any atom is 0.0891 e. The second kappa shape index (κ2) is 8.45. The van der Waals surface area contributed by atoms with Gasteiger partial charge in [0.2, 0.25) is 0 Å². The quantitative estimate of drug-likeness (QED) is 0.370. The largest absolute Gasteiger partial charge is 0.373 e. The van der Waals surface area contributed by atoms with Crippen molar-refractivity contribution in [2.24, 2.45) is 0 Å². The van der Waals surface area contributed by atoms with Crippen molar-refractivity contribution in [2.45, 2.75) is 26.8 Å². The first-order chi connectivity index (χ1) is 13.7. The molecule has 0 atom stereocenters. The summed E-state index contributed by atoms with van der Waals surface area (Å²) in [7, 11) is 0. The van der Waals surface area contributed by atoms with Gasteiger partial charge in [0, 0.05) is 11.4 Å². The van der Waals surface area contributed by atoms with E-state index in [4.69, 9.17) is 0 Å². The van der Waals surface area contributed by atoms with E-state index >= 15 is 0 Å². The SMILES string of the molecule is Cc1ccc(CNc2ccc(-c3cccc(Cc4cccc(C)c4)c3)s2)cc1. The third-order valence-corrected chi connectivity index (χ3v) is 5.99. The van der Waals surface area contributed by atoms with E-state index in [1.54, 1.807) is 0 Å². The van der Waals surface area contributed by atoms with E-state index in [1.807, 2.05) is 11.3 Å². The van der Waals surface area contributed by atoms with E-state index < -0.39 is 0 Å². The molecule has 0 fully saturated rings. The lowest BCUT2D eigenvalue weighted by Gasteiger charge is -2.06. The van der Waals surface area contributed by atoms with Gasteiger partial charge < -0.3 is 5.32 Å². The standard InChI is InChI=1S/C26H25NS/c1-19-9-11-21(12-10-19)18-27-26-14-13-25(28-26)24-8-4-7-23(17-24)16-22-6-3-5-20(2)15-22/h3-15,17,27H,16,18H2,1-2H3. The zero-order valence-electron chi connectivity index (χ0n) is 16.4. The van der Waals surface area contributed by atoms with E-state index in [0.717, 1.165) is 13.0 Å². The zero-order chi connectivity index (χ0) is 19.3. The van der Waals surface area contributed by atoms with Gasteiger partial charge >= 0.3 is 0 Å². The number of thiophene rings is 1. The summed E-state index contributed by atoms with van der Waals surface area (Å²) in [6.45, 7) is 5.13. The van der Waals surface area contributed by atoms with Crippen molar-refractivity contribution in [3.63, 3.8) is 0 Å². The first kappa shape index (κ1) is 18.5. The number of aryl methyl sites for hydroxylation is 2. The Labute approximate surface area is 171 Å². The molecule has 4 aromatic rings. The second-order valence-electron chi connectivity index (χ2n) is 7.37. The Bertz CT molecular complexity index is 1060. The van der Waals surface area contributed by atoms with Gasteiger partial charge in [-0.1, -0.05) is 83.9 Å². The topological polar surface area (TPSA) is 12.0 Å². The number of nitrogens with one attached hydrogen (secondary N) is 1. The Kier molecular flexibility index (Phi) is 5.59. The molecule has 0 aliphatic heterocycles. The minimum absolute atomic E-state index is 0.855. The van der Waals surface area contributed by atoms with Gasteiger partial charge in [0.25, 0.3) is 0 Å². The molecule has 0 radical (unpaired) electrons. The molecule has 2 heteroatoms. The highest BCUT2D eigenvalue weighted by Crippen LogP contribution is 2.32. The van der Waals surface area contributed by atoms with Crippen molar-refractivity contribution < 1.29 is 0 Å². The minimum atomic E-state index is 0.855. The van der Waals surface area contributed by atoms with E-state index in [9.17, 15) is 0 Å². The van der Waals surface area contributed by atoms with Gasteiger partial charge in [0.1, 0.15) is 0 Å². The number of hydrogen-bond donors (Lipinski definition) is 1. The van der Waals surface area contributed by atoms with Crippen LogP contribution in [0.25, 0.3) is 10.4 Å². The molecule has 1 N–H and O–H groups in total. The molecule has 28 heavy (non-hydrogen) atoms. The molecular formula is C26H25NS. The molecule has 1 aromatic heterocycles. The van der Waals surface area contributed by atoms with Gasteiger partial charge in [-0.05, 0) is 54.7 Å². The molecule has 1 nitrogen and oxygen atoms in total. The Balaban J connectivity index is 1.45. The van der Waals surface area contributed by atoms with Crippen molar-refractivity contribution in [1.29, 1.82) is 0 Å². The molecule has 0 saturated carbocycles. The van der Waals surface area contributed by atoms with Crippen LogP contribution >= 0.6 is 11.3 Å². The van der Waals surface area contributed by atoms with Crippen LogP contribution in [0.15, 0.2) is 84.9 Å². The Morgan fingerprint density at radius 2 is 1.43 bits per heavy atom. The maximum atomic E-state index is 3.55. The number of rotatable bonds is 6. The molecule has 1 heterocycles. The van der Waals surface area contributed by atoms with Gasteiger partial charge in [-0.25, -0.2) is 0 Å². The average molecular weight is 384 g/mol. The molecule has 0 bridgehead atoms. The number of anilines is 1. The van der Waals surface area contributed by atoms with Crippen molar-refractivity contribution in [2.75, 3.05) is 5.32 Å². The molecule has 140 valence electrons. The number of benzene rings is 3. The van der Waals surface area contributed by atoms with E-state index in [2.05, 4.69) is 104 Å². The van der Waals surface area contributed by atoms with Crippen molar-refractivity contribution in [1.82, 2.24) is 0 Å². The van der Waals surface area contributed by atoms with Crippen LogP contribution in [-0.4, -0.2) is 0 Å². The lowest BCUT2D eigenvalue weighted by atomic mass is 10.0. The monoisotopic (exact) mass is 383 g/mol. The predicted octanol–water partition coefficient (Wildman–Crippen LogP) is 7.23. The summed E-state index contributed by atoms with van der Waals surface area (Å²) in [4.78, 5) is 1.30. The Hall–Kier alpha value is -2.84. The third kappa shape index (κ3) is 4.71. The smallest absolute Gasteiger partial charge is 0.0891 e. The summed E-state index contributed by atoms with van der Waals surface area (Å²) in [5.41, 5.74) is 7.93. The van der Waals surface area contributed by atoms with Crippen molar-refractivity contribution in [3.05, 3.63) is 113 Å². The molecule has 0 spiro atoms. The fraction of sp³-hybridized carbons (Fsp3) is 0.154. The van der Waals surface area contributed by atoms with Gasteiger partial charge in [-0.15, -0.1) is 11.3 Å². The van der Waals surface area contributed by atoms with Gasteiger partial charge in [-0.3, -0.25) is 0 Å². The molecule has 0 unspecified atom stereocenters. The highest BCUT2D eigenvalue weighted by molar-refractivity contribution is 7.19. The normalized spacial score (nSPS) is 10.8. The summed E-state index contributed by atoms with van der Waals surface area (Å²) >= 11 is 1.81. The third-order valence-electron chi connectivity index (χ3n) is 4.90. The summed E-state index contributed by atoms with van der Waals surface area (Å²) in [5.74, 6) is 0. The van der Waals surface area contributed by atoms with Crippen LogP contribution in [0.3, 0.4) is 0 Å². The van der Waals surface area contributed by atoms with Gasteiger partial charge in [0.05, 0.1) is 5.00 Å². The van der Waals surface area contributed by atoms with Crippen LogP contribution in [0.1, 0.15) is 27.8 Å². The zero-order valence-corrected chi connectivity index (χ0v) is 17.2. The molecule has 0 amide bonds. The Morgan fingerprint density at radius 3 is 2.21 bits per heavy atom. The van der Waals surface area contributed by atoms with Crippen molar-refractivity contribution in [3.8, 4) is 10.4 Å². The van der Waals surface area contributed by atoms with Crippen LogP contribution in [0.2, 0.25) is 0 Å². The summed E-state index contributed by atoms with van der Waals surface area (Å²) in [5, 5.41) is 4.76. The van der Waals surface area contributed by atoms with E-state index in [0.29, 0.717) is 0 Å².